The first-order chi connectivity index (χ1) is 16.1. The molecule has 0 amide bonds. The fraction of sp³-hybridized carbons (Fsp3) is 0.381. The van der Waals surface area contributed by atoms with Gasteiger partial charge < -0.3 is 9.84 Å². The van der Waals surface area contributed by atoms with E-state index in [1.807, 2.05) is 6.92 Å². The van der Waals surface area contributed by atoms with E-state index in [-0.39, 0.29) is 41.2 Å². The Morgan fingerprint density at radius 3 is 2.71 bits per heavy atom. The van der Waals surface area contributed by atoms with Gasteiger partial charge in [-0.05, 0) is 25.0 Å². The zero-order valence-electron chi connectivity index (χ0n) is 18.3. The number of fused-ring (bicyclic) bond motifs is 1. The third kappa shape index (κ3) is 4.17. The van der Waals surface area contributed by atoms with Crippen LogP contribution in [0.15, 0.2) is 29.3 Å². The summed E-state index contributed by atoms with van der Waals surface area (Å²) >= 11 is 0. The Labute approximate surface area is 194 Å². The number of carboxylic acid groups (broad SMARTS) is 1. The molecular formula is C21H21FN6O5S. The first kappa shape index (κ1) is 23.5. The molecular weight excluding hydrogens is 467 g/mol. The lowest BCUT2D eigenvalue weighted by atomic mass is 10.1. The molecule has 13 heteroatoms. The molecule has 1 N–H and O–H groups in total. The van der Waals surface area contributed by atoms with Gasteiger partial charge >= 0.3 is 5.97 Å². The maximum absolute atomic E-state index is 14.4. The molecule has 0 aliphatic carbocycles. The highest BCUT2D eigenvalue weighted by Crippen LogP contribution is 2.35. The Morgan fingerprint density at radius 2 is 2.09 bits per heavy atom. The van der Waals surface area contributed by atoms with E-state index in [1.54, 1.807) is 13.0 Å². The zero-order valence-corrected chi connectivity index (χ0v) is 19.2. The van der Waals surface area contributed by atoms with Crippen LogP contribution in [0.3, 0.4) is 0 Å². The van der Waals surface area contributed by atoms with Crippen molar-refractivity contribution >= 4 is 26.9 Å². The fourth-order valence-electron chi connectivity index (χ4n) is 4.06. The van der Waals surface area contributed by atoms with Gasteiger partial charge in [-0.3, -0.25) is 9.48 Å². The molecule has 0 bridgehead atoms. The molecule has 0 radical (unpaired) electrons. The van der Waals surface area contributed by atoms with Crippen molar-refractivity contribution in [1.82, 2.24) is 24.3 Å². The van der Waals surface area contributed by atoms with Crippen molar-refractivity contribution in [2.24, 2.45) is 5.92 Å². The van der Waals surface area contributed by atoms with Crippen LogP contribution in [-0.4, -0.2) is 63.5 Å². The molecule has 3 aromatic rings. The lowest BCUT2D eigenvalue weighted by Gasteiger charge is -2.17. The lowest BCUT2D eigenvalue weighted by molar-refractivity contribution is -0.136. The van der Waals surface area contributed by atoms with Crippen LogP contribution >= 0.6 is 0 Å². The maximum atomic E-state index is 14.4. The van der Waals surface area contributed by atoms with E-state index >= 15 is 0 Å². The summed E-state index contributed by atoms with van der Waals surface area (Å²) in [7, 11) is -3.98. The molecule has 4 rings (SSSR count). The molecule has 2 aromatic heterocycles. The lowest BCUT2D eigenvalue weighted by Crippen LogP contribution is -2.30. The van der Waals surface area contributed by atoms with Crippen molar-refractivity contribution < 1.29 is 27.4 Å². The third-order valence-corrected chi connectivity index (χ3v) is 7.40. The quantitative estimate of drug-likeness (QED) is 0.524. The largest absolute Gasteiger partial charge is 0.481 e. The number of halogens is 1. The Bertz CT molecular complexity index is 1400. The normalized spacial score (nSPS) is 18.8. The van der Waals surface area contributed by atoms with Gasteiger partial charge in [-0.25, -0.2) is 12.8 Å². The van der Waals surface area contributed by atoms with Crippen LogP contribution in [-0.2, 0) is 21.2 Å². The Kier molecular flexibility index (Phi) is 6.20. The molecule has 2 atom stereocenters. The third-order valence-electron chi connectivity index (χ3n) is 5.68. The predicted octanol–water partition coefficient (Wildman–Crippen LogP) is 1.74. The second-order valence-corrected chi connectivity index (χ2v) is 9.82. The van der Waals surface area contributed by atoms with E-state index in [1.165, 1.54) is 27.2 Å². The number of carboxylic acids is 1. The molecule has 1 saturated heterocycles. The second kappa shape index (κ2) is 8.96. The van der Waals surface area contributed by atoms with Gasteiger partial charge in [0, 0.05) is 30.6 Å². The molecule has 0 spiro atoms. The number of nitrogens with zero attached hydrogens (tertiary/aromatic N) is 6. The number of hydrogen-bond acceptors (Lipinski definition) is 8. The van der Waals surface area contributed by atoms with Crippen molar-refractivity contribution in [1.29, 1.82) is 5.26 Å². The number of ether oxygens (including phenoxy) is 1. The number of aromatic nitrogens is 4. The Hall–Kier alpha value is -3.63. The van der Waals surface area contributed by atoms with E-state index in [9.17, 15) is 22.7 Å². The monoisotopic (exact) mass is 488 g/mol. The van der Waals surface area contributed by atoms with Gasteiger partial charge in [0.05, 0.1) is 35.8 Å². The van der Waals surface area contributed by atoms with Gasteiger partial charge in [0.15, 0.2) is 5.03 Å². The first-order valence-electron chi connectivity index (χ1n) is 10.4. The molecule has 1 aromatic carbocycles. The topological polar surface area (TPSA) is 151 Å². The molecule has 3 heterocycles. The summed E-state index contributed by atoms with van der Waals surface area (Å²) in [5.41, 5.74) is 0.242. The Morgan fingerprint density at radius 1 is 1.32 bits per heavy atom. The van der Waals surface area contributed by atoms with E-state index in [4.69, 9.17) is 10.00 Å². The fourth-order valence-corrected chi connectivity index (χ4v) is 5.49. The van der Waals surface area contributed by atoms with Crippen LogP contribution in [0.2, 0.25) is 0 Å². The van der Waals surface area contributed by atoms with Gasteiger partial charge in [-0.2, -0.15) is 14.7 Å². The SMILES string of the molecule is CCOc1ccc(S(=O)(=O)N2C[C@@H](C)[C@@H](n3nc(CC(=O)O)c4cc(C#N)c(F)cc43)C2)nn1. The molecule has 11 nitrogen and oxygen atoms in total. The minimum Gasteiger partial charge on any atom is -0.481 e. The van der Waals surface area contributed by atoms with Crippen molar-refractivity contribution in [3.63, 3.8) is 0 Å². The number of carbonyl (C=O) groups is 1. The van der Waals surface area contributed by atoms with E-state index < -0.39 is 34.3 Å². The molecule has 178 valence electrons. The van der Waals surface area contributed by atoms with E-state index in [2.05, 4.69) is 15.3 Å². The van der Waals surface area contributed by atoms with E-state index in [0.29, 0.717) is 17.5 Å². The summed E-state index contributed by atoms with van der Waals surface area (Å²) < 4.78 is 48.6. The summed E-state index contributed by atoms with van der Waals surface area (Å²) in [6.45, 7) is 4.13. The highest BCUT2D eigenvalue weighted by molar-refractivity contribution is 7.89. The smallest absolute Gasteiger partial charge is 0.309 e. The molecule has 34 heavy (non-hydrogen) atoms. The molecule has 0 saturated carbocycles. The first-order valence-corrected chi connectivity index (χ1v) is 11.9. The predicted molar refractivity (Wildman–Crippen MR) is 116 cm³/mol. The van der Waals surface area contributed by atoms with Gasteiger partial charge in [0.2, 0.25) is 5.88 Å². The van der Waals surface area contributed by atoms with Crippen LogP contribution in [0.1, 0.15) is 31.1 Å². The summed E-state index contributed by atoms with van der Waals surface area (Å²) in [6.07, 6.45) is -0.426. The van der Waals surface area contributed by atoms with Crippen LogP contribution in [0.5, 0.6) is 5.88 Å². The standard InChI is InChI=1S/C21H21FN6O5S/c1-3-33-19-4-5-20(25-24-19)34(31,32)27-10-12(2)18(11-27)28-17-7-15(22)13(9-23)6-14(17)16(26-28)8-21(29)30/h4-7,12,18H,3,8,10-11H2,1-2H3,(H,29,30)/t12-,18+/m1/s1. The minimum absolute atomic E-state index is 0.0172. The van der Waals surface area contributed by atoms with Crippen molar-refractivity contribution in [3.8, 4) is 11.9 Å². The van der Waals surface area contributed by atoms with Crippen molar-refractivity contribution in [3.05, 3.63) is 41.3 Å². The van der Waals surface area contributed by atoms with Crippen molar-refractivity contribution in [2.45, 2.75) is 31.3 Å². The number of hydrogen-bond donors (Lipinski definition) is 1. The van der Waals surface area contributed by atoms with Crippen molar-refractivity contribution in [2.75, 3.05) is 19.7 Å². The summed E-state index contributed by atoms with van der Waals surface area (Å²) in [6, 6.07) is 6.40. The molecule has 1 aliphatic heterocycles. The van der Waals surface area contributed by atoms with Crippen LogP contribution in [0, 0.1) is 23.1 Å². The average molecular weight is 489 g/mol. The number of aliphatic carboxylic acids is 1. The minimum atomic E-state index is -3.98. The molecule has 0 unspecified atom stereocenters. The number of benzene rings is 1. The highest BCUT2D eigenvalue weighted by atomic mass is 32.2. The van der Waals surface area contributed by atoms with Crippen LogP contribution in [0.4, 0.5) is 4.39 Å². The average Bonchev–Trinajstić information content (AvgIpc) is 3.34. The second-order valence-electron chi connectivity index (χ2n) is 7.93. The van der Waals surface area contributed by atoms with Gasteiger partial charge in [-0.1, -0.05) is 6.92 Å². The molecule has 1 aliphatic rings. The summed E-state index contributed by atoms with van der Waals surface area (Å²) in [5, 5.41) is 30.5. The van der Waals surface area contributed by atoms with Gasteiger partial charge in [-0.15, -0.1) is 10.2 Å². The number of nitriles is 1. The zero-order chi connectivity index (χ0) is 24.6. The molecule has 1 fully saturated rings. The van der Waals surface area contributed by atoms with Crippen LogP contribution in [0.25, 0.3) is 10.9 Å². The van der Waals surface area contributed by atoms with Gasteiger partial charge in [0.1, 0.15) is 11.9 Å². The highest BCUT2D eigenvalue weighted by Gasteiger charge is 2.40. The van der Waals surface area contributed by atoms with E-state index in [0.717, 1.165) is 6.07 Å². The summed E-state index contributed by atoms with van der Waals surface area (Å²) in [4.78, 5) is 11.3. The number of sulfonamides is 1. The van der Waals surface area contributed by atoms with Gasteiger partial charge in [0.25, 0.3) is 10.0 Å². The Balaban J connectivity index is 1.70. The maximum Gasteiger partial charge on any atom is 0.309 e. The van der Waals surface area contributed by atoms with Crippen LogP contribution < -0.4 is 4.74 Å². The summed E-state index contributed by atoms with van der Waals surface area (Å²) in [5.74, 6) is -1.92. The number of rotatable bonds is 7.